The number of nitrogens with zero attached hydrogens (tertiary/aromatic N) is 2. The van der Waals surface area contributed by atoms with E-state index in [1.165, 1.54) is 11.3 Å². The Hall–Kier alpha value is -1.83. The number of aryl methyl sites for hydroxylation is 1. The third kappa shape index (κ3) is 5.32. The predicted octanol–water partition coefficient (Wildman–Crippen LogP) is 4.82. The molecule has 0 spiro atoms. The van der Waals surface area contributed by atoms with Crippen LogP contribution in [0.5, 0.6) is 0 Å². The Bertz CT molecular complexity index is 846. The summed E-state index contributed by atoms with van der Waals surface area (Å²) >= 11 is 8.86. The summed E-state index contributed by atoms with van der Waals surface area (Å²) in [6.07, 6.45) is 4.62. The fourth-order valence-electron chi connectivity index (χ4n) is 2.05. The molecule has 25 heavy (non-hydrogen) atoms. The molecule has 0 saturated carbocycles. The molecular weight excluding hydrogens is 378 g/mol. The predicted molar refractivity (Wildman–Crippen MR) is 101 cm³/mol. The van der Waals surface area contributed by atoms with Crippen molar-refractivity contribution in [3.63, 3.8) is 0 Å². The van der Waals surface area contributed by atoms with Gasteiger partial charge in [-0.3, -0.25) is 4.79 Å². The fraction of sp³-hybridized carbons (Fsp3) is 0.235. The largest absolute Gasteiger partial charge is 0.445 e. The molecule has 2 aromatic heterocycles. The number of amides is 1. The smallest absolute Gasteiger partial charge is 0.230 e. The molecule has 8 heteroatoms. The number of carbonyl (C=O) groups excluding carboxylic acids is 1. The van der Waals surface area contributed by atoms with Crippen LogP contribution in [-0.4, -0.2) is 15.9 Å². The number of nitrogens with one attached hydrogen (secondary N) is 1. The van der Waals surface area contributed by atoms with Crippen LogP contribution >= 0.6 is 34.7 Å². The van der Waals surface area contributed by atoms with E-state index in [0.29, 0.717) is 21.8 Å². The molecule has 130 valence electrons. The number of aromatic nitrogens is 2. The van der Waals surface area contributed by atoms with Gasteiger partial charge in [0.1, 0.15) is 5.76 Å². The Kier molecular flexibility index (Phi) is 6.12. The van der Waals surface area contributed by atoms with E-state index < -0.39 is 0 Å². The van der Waals surface area contributed by atoms with Gasteiger partial charge in [0.25, 0.3) is 0 Å². The van der Waals surface area contributed by atoms with Crippen molar-refractivity contribution in [2.75, 3.05) is 5.32 Å². The van der Waals surface area contributed by atoms with E-state index >= 15 is 0 Å². The number of carbonyl (C=O) groups is 1. The van der Waals surface area contributed by atoms with Gasteiger partial charge in [0.05, 0.1) is 28.8 Å². The van der Waals surface area contributed by atoms with E-state index in [-0.39, 0.29) is 12.3 Å². The number of thioether (sulfide) groups is 1. The van der Waals surface area contributed by atoms with Crippen LogP contribution in [0.1, 0.15) is 24.1 Å². The minimum absolute atomic E-state index is 0.103. The third-order valence-electron chi connectivity index (χ3n) is 3.30. The molecular formula is C17H16ClN3O2S2. The molecule has 0 aliphatic heterocycles. The number of anilines is 1. The van der Waals surface area contributed by atoms with Crippen molar-refractivity contribution in [3.05, 3.63) is 58.9 Å². The molecule has 0 aliphatic carbocycles. The van der Waals surface area contributed by atoms with Gasteiger partial charge in [-0.2, -0.15) is 0 Å². The summed E-state index contributed by atoms with van der Waals surface area (Å²) < 4.78 is 6.57. The summed E-state index contributed by atoms with van der Waals surface area (Å²) in [5.41, 5.74) is 0.906. The number of benzene rings is 1. The molecule has 1 amide bonds. The lowest BCUT2D eigenvalue weighted by atomic mass is 10.1. The van der Waals surface area contributed by atoms with Crippen LogP contribution in [0.2, 0.25) is 5.02 Å². The SMILES string of the molecule is CCc1cnc(CSc2cnc(NC(=O)Cc3ccc(Cl)cc3)s2)o1. The maximum atomic E-state index is 12.1. The molecule has 3 rings (SSSR count). The van der Waals surface area contributed by atoms with Crippen molar-refractivity contribution in [2.24, 2.45) is 0 Å². The second-order valence-electron chi connectivity index (χ2n) is 5.20. The first kappa shape index (κ1) is 18.0. The van der Waals surface area contributed by atoms with Gasteiger partial charge in [0.2, 0.25) is 11.8 Å². The topological polar surface area (TPSA) is 68.0 Å². The Labute approximate surface area is 158 Å². The van der Waals surface area contributed by atoms with Crippen molar-refractivity contribution in [1.82, 2.24) is 9.97 Å². The zero-order valence-electron chi connectivity index (χ0n) is 13.5. The number of hydrogen-bond donors (Lipinski definition) is 1. The Morgan fingerprint density at radius 2 is 2.08 bits per heavy atom. The van der Waals surface area contributed by atoms with Crippen LogP contribution in [0.15, 0.2) is 45.3 Å². The lowest BCUT2D eigenvalue weighted by molar-refractivity contribution is -0.115. The van der Waals surface area contributed by atoms with Gasteiger partial charge in [-0.05, 0) is 17.7 Å². The molecule has 1 aromatic carbocycles. The summed E-state index contributed by atoms with van der Waals surface area (Å²) in [5.74, 6) is 2.12. The summed E-state index contributed by atoms with van der Waals surface area (Å²) in [6, 6.07) is 7.22. The first-order valence-electron chi connectivity index (χ1n) is 7.69. The maximum absolute atomic E-state index is 12.1. The van der Waals surface area contributed by atoms with Crippen molar-refractivity contribution >= 4 is 45.7 Å². The quantitative estimate of drug-likeness (QED) is 0.583. The van der Waals surface area contributed by atoms with Gasteiger partial charge < -0.3 is 9.73 Å². The Morgan fingerprint density at radius 3 is 2.80 bits per heavy atom. The molecule has 0 radical (unpaired) electrons. The van der Waals surface area contributed by atoms with Crippen molar-refractivity contribution in [3.8, 4) is 0 Å². The monoisotopic (exact) mass is 393 g/mol. The van der Waals surface area contributed by atoms with Gasteiger partial charge in [-0.1, -0.05) is 42.0 Å². The van der Waals surface area contributed by atoms with Crippen molar-refractivity contribution in [2.45, 2.75) is 29.7 Å². The van der Waals surface area contributed by atoms with Gasteiger partial charge in [0.15, 0.2) is 5.13 Å². The molecule has 0 fully saturated rings. The van der Waals surface area contributed by atoms with Crippen LogP contribution in [0, 0.1) is 0 Å². The number of oxazole rings is 1. The average molecular weight is 394 g/mol. The molecule has 0 aliphatic rings. The van der Waals surface area contributed by atoms with Crippen LogP contribution in [0.25, 0.3) is 0 Å². The van der Waals surface area contributed by atoms with Crippen LogP contribution in [-0.2, 0) is 23.4 Å². The van der Waals surface area contributed by atoms with E-state index in [0.717, 1.165) is 22.0 Å². The second kappa shape index (κ2) is 8.51. The number of halogens is 1. The highest BCUT2D eigenvalue weighted by atomic mass is 35.5. The van der Waals surface area contributed by atoms with E-state index in [1.807, 2.05) is 19.1 Å². The van der Waals surface area contributed by atoms with Gasteiger partial charge in [-0.15, -0.1) is 11.8 Å². The molecule has 0 saturated heterocycles. The molecule has 1 N–H and O–H groups in total. The normalized spacial score (nSPS) is 10.8. The van der Waals surface area contributed by atoms with Crippen molar-refractivity contribution < 1.29 is 9.21 Å². The van der Waals surface area contributed by atoms with Gasteiger partial charge in [0, 0.05) is 11.4 Å². The third-order valence-corrected chi connectivity index (χ3v) is 5.64. The summed E-state index contributed by atoms with van der Waals surface area (Å²) in [5, 5.41) is 4.06. The van der Waals surface area contributed by atoms with E-state index in [4.69, 9.17) is 16.0 Å². The van der Waals surface area contributed by atoms with Crippen molar-refractivity contribution in [1.29, 1.82) is 0 Å². The second-order valence-corrected chi connectivity index (χ2v) is 7.94. The van der Waals surface area contributed by atoms with Crippen LogP contribution in [0.3, 0.4) is 0 Å². The minimum atomic E-state index is -0.103. The van der Waals surface area contributed by atoms with E-state index in [1.54, 1.807) is 36.3 Å². The fourth-order valence-corrected chi connectivity index (χ4v) is 3.91. The molecule has 0 bridgehead atoms. The molecule has 0 unspecified atom stereocenters. The lowest BCUT2D eigenvalue weighted by Crippen LogP contribution is -2.13. The maximum Gasteiger partial charge on any atom is 0.230 e. The highest BCUT2D eigenvalue weighted by Gasteiger charge is 2.10. The molecule has 5 nitrogen and oxygen atoms in total. The lowest BCUT2D eigenvalue weighted by Gasteiger charge is -2.02. The molecule has 0 atom stereocenters. The number of thiazole rings is 1. The van der Waals surface area contributed by atoms with Crippen LogP contribution < -0.4 is 5.32 Å². The van der Waals surface area contributed by atoms with E-state index in [9.17, 15) is 4.79 Å². The Balaban J connectivity index is 1.50. The highest BCUT2D eigenvalue weighted by Crippen LogP contribution is 2.30. The zero-order valence-corrected chi connectivity index (χ0v) is 15.9. The molecule has 3 aromatic rings. The van der Waals surface area contributed by atoms with E-state index in [2.05, 4.69) is 15.3 Å². The first-order valence-corrected chi connectivity index (χ1v) is 9.87. The Morgan fingerprint density at radius 1 is 1.28 bits per heavy atom. The van der Waals surface area contributed by atoms with Gasteiger partial charge >= 0.3 is 0 Å². The highest BCUT2D eigenvalue weighted by molar-refractivity contribution is 8.00. The summed E-state index contributed by atoms with van der Waals surface area (Å²) in [6.45, 7) is 2.03. The van der Waals surface area contributed by atoms with Gasteiger partial charge in [-0.25, -0.2) is 9.97 Å². The zero-order chi connectivity index (χ0) is 17.6. The summed E-state index contributed by atoms with van der Waals surface area (Å²) in [4.78, 5) is 20.5. The summed E-state index contributed by atoms with van der Waals surface area (Å²) in [7, 11) is 0. The van der Waals surface area contributed by atoms with Crippen LogP contribution in [0.4, 0.5) is 5.13 Å². The molecule has 2 heterocycles. The average Bonchev–Trinajstić information content (AvgIpc) is 3.24. The standard InChI is InChI=1S/C17H16ClN3O2S2/c1-2-13-8-19-15(23-13)10-24-16-9-20-17(25-16)21-14(22)7-11-3-5-12(18)6-4-11/h3-6,8-9H,2,7,10H2,1H3,(H,20,21,22). The number of rotatable bonds is 7. The number of hydrogen-bond acceptors (Lipinski definition) is 6. The minimum Gasteiger partial charge on any atom is -0.445 e. The first-order chi connectivity index (χ1) is 12.1.